The van der Waals surface area contributed by atoms with E-state index in [0.717, 1.165) is 10.9 Å². The van der Waals surface area contributed by atoms with Crippen LogP contribution in [0.5, 0.6) is 0 Å². The molecule has 1 rings (SSSR count). The zero-order valence-electron chi connectivity index (χ0n) is 11.9. The highest BCUT2D eigenvalue weighted by Gasteiger charge is 2.22. The van der Waals surface area contributed by atoms with Gasteiger partial charge in [0.2, 0.25) is 5.91 Å². The number of amides is 1. The Morgan fingerprint density at radius 2 is 2.16 bits per heavy atom. The van der Waals surface area contributed by atoms with Gasteiger partial charge in [-0.3, -0.25) is 4.79 Å². The molecule has 106 valence electrons. The molecular weight excluding hydrogens is 304 g/mol. The summed E-state index contributed by atoms with van der Waals surface area (Å²) in [6.45, 7) is 7.33. The van der Waals surface area contributed by atoms with Gasteiger partial charge in [-0.1, -0.05) is 48.8 Å². The van der Waals surface area contributed by atoms with Crippen LogP contribution in [-0.4, -0.2) is 19.0 Å². The van der Waals surface area contributed by atoms with E-state index < -0.39 is 0 Å². The van der Waals surface area contributed by atoms with Gasteiger partial charge in [-0.2, -0.15) is 0 Å². The van der Waals surface area contributed by atoms with E-state index in [1.165, 1.54) is 5.56 Å². The largest absolute Gasteiger partial charge is 0.355 e. The first-order valence-electron chi connectivity index (χ1n) is 6.60. The highest BCUT2D eigenvalue weighted by atomic mass is 79.9. The number of carbonyl (C=O) groups excluding carboxylic acids is 1. The summed E-state index contributed by atoms with van der Waals surface area (Å²) in [6, 6.07) is 8.19. The van der Waals surface area contributed by atoms with Crippen molar-refractivity contribution >= 4 is 21.8 Å². The Morgan fingerprint density at radius 1 is 1.47 bits per heavy atom. The first kappa shape index (κ1) is 16.2. The van der Waals surface area contributed by atoms with E-state index in [2.05, 4.69) is 47.2 Å². The maximum absolute atomic E-state index is 11.9. The second-order valence-electron chi connectivity index (χ2n) is 5.59. The summed E-state index contributed by atoms with van der Waals surface area (Å²) in [5, 5.41) is 3.02. The summed E-state index contributed by atoms with van der Waals surface area (Å²) in [5.74, 6) is 0.0526. The second-order valence-corrected chi connectivity index (χ2v) is 6.51. The predicted molar refractivity (Wildman–Crippen MR) is 83.0 cm³/mol. The molecule has 1 atom stereocenters. The van der Waals surface area contributed by atoms with Crippen LogP contribution in [0.3, 0.4) is 0 Å². The fourth-order valence-corrected chi connectivity index (χ4v) is 2.27. The molecule has 19 heavy (non-hydrogen) atoms. The SMILES string of the molecule is CC(CCN)C(=O)NCC(C)(C)c1cccc(Br)c1. The molecule has 1 aromatic rings. The summed E-state index contributed by atoms with van der Waals surface area (Å²) in [4.78, 5) is 11.9. The van der Waals surface area contributed by atoms with E-state index in [-0.39, 0.29) is 17.2 Å². The third kappa shape index (κ3) is 4.96. The van der Waals surface area contributed by atoms with Gasteiger partial charge in [0, 0.05) is 22.4 Å². The van der Waals surface area contributed by atoms with Crippen molar-refractivity contribution in [3.8, 4) is 0 Å². The van der Waals surface area contributed by atoms with Crippen molar-refractivity contribution in [2.75, 3.05) is 13.1 Å². The number of rotatable bonds is 6. The van der Waals surface area contributed by atoms with Crippen molar-refractivity contribution < 1.29 is 4.79 Å². The van der Waals surface area contributed by atoms with Gasteiger partial charge in [0.15, 0.2) is 0 Å². The van der Waals surface area contributed by atoms with E-state index in [1.54, 1.807) is 0 Å². The minimum Gasteiger partial charge on any atom is -0.355 e. The standard InChI is InChI=1S/C15H23BrN2O/c1-11(7-8-17)14(19)18-10-15(2,3)12-5-4-6-13(16)9-12/h4-6,9,11H,7-8,10,17H2,1-3H3,(H,18,19). The molecule has 1 unspecified atom stereocenters. The van der Waals surface area contributed by atoms with Gasteiger partial charge < -0.3 is 11.1 Å². The van der Waals surface area contributed by atoms with Crippen LogP contribution in [0.4, 0.5) is 0 Å². The molecule has 0 radical (unpaired) electrons. The van der Waals surface area contributed by atoms with Crippen molar-refractivity contribution in [3.05, 3.63) is 34.3 Å². The zero-order valence-corrected chi connectivity index (χ0v) is 13.5. The van der Waals surface area contributed by atoms with Gasteiger partial charge in [0.05, 0.1) is 0 Å². The summed E-state index contributed by atoms with van der Waals surface area (Å²) >= 11 is 3.48. The zero-order chi connectivity index (χ0) is 14.5. The Bertz CT molecular complexity index is 432. The quantitative estimate of drug-likeness (QED) is 0.844. The Kier molecular flexibility index (Phi) is 6.01. The van der Waals surface area contributed by atoms with Gasteiger partial charge in [-0.25, -0.2) is 0 Å². The summed E-state index contributed by atoms with van der Waals surface area (Å²) < 4.78 is 1.06. The monoisotopic (exact) mass is 326 g/mol. The van der Waals surface area contributed by atoms with Crippen molar-refractivity contribution in [2.24, 2.45) is 11.7 Å². The van der Waals surface area contributed by atoms with Crippen LogP contribution in [0.1, 0.15) is 32.8 Å². The lowest BCUT2D eigenvalue weighted by Gasteiger charge is -2.26. The Morgan fingerprint density at radius 3 is 2.74 bits per heavy atom. The molecule has 0 aliphatic heterocycles. The number of hydrogen-bond acceptors (Lipinski definition) is 2. The minimum atomic E-state index is -0.0954. The lowest BCUT2D eigenvalue weighted by Crippen LogP contribution is -2.39. The fraction of sp³-hybridized carbons (Fsp3) is 0.533. The van der Waals surface area contributed by atoms with Crippen LogP contribution in [-0.2, 0) is 10.2 Å². The molecule has 0 fully saturated rings. The van der Waals surface area contributed by atoms with Crippen molar-refractivity contribution in [3.63, 3.8) is 0 Å². The molecule has 0 aromatic heterocycles. The maximum Gasteiger partial charge on any atom is 0.222 e. The fourth-order valence-electron chi connectivity index (χ4n) is 1.87. The summed E-state index contributed by atoms with van der Waals surface area (Å²) in [5.41, 5.74) is 6.58. The average molecular weight is 327 g/mol. The maximum atomic E-state index is 11.9. The third-order valence-electron chi connectivity index (χ3n) is 3.36. The predicted octanol–water partition coefficient (Wildman–Crippen LogP) is 2.83. The van der Waals surface area contributed by atoms with Crippen LogP contribution < -0.4 is 11.1 Å². The van der Waals surface area contributed by atoms with Crippen LogP contribution in [0, 0.1) is 5.92 Å². The molecule has 0 heterocycles. The normalized spacial score (nSPS) is 13.1. The molecule has 3 N–H and O–H groups in total. The van der Waals surface area contributed by atoms with Gasteiger partial charge >= 0.3 is 0 Å². The van der Waals surface area contributed by atoms with Gasteiger partial charge in [-0.15, -0.1) is 0 Å². The first-order valence-corrected chi connectivity index (χ1v) is 7.40. The smallest absolute Gasteiger partial charge is 0.222 e. The lowest BCUT2D eigenvalue weighted by molar-refractivity contribution is -0.124. The van der Waals surface area contributed by atoms with Crippen LogP contribution in [0.25, 0.3) is 0 Å². The molecule has 0 saturated carbocycles. The summed E-state index contributed by atoms with van der Waals surface area (Å²) in [6.07, 6.45) is 0.725. The number of nitrogens with two attached hydrogens (primary N) is 1. The minimum absolute atomic E-state index is 0.0247. The molecule has 1 aromatic carbocycles. The number of halogens is 1. The van der Waals surface area contributed by atoms with Crippen molar-refractivity contribution in [1.29, 1.82) is 0 Å². The topological polar surface area (TPSA) is 55.1 Å². The van der Waals surface area contributed by atoms with Crippen LogP contribution >= 0.6 is 15.9 Å². The third-order valence-corrected chi connectivity index (χ3v) is 3.85. The van der Waals surface area contributed by atoms with Crippen LogP contribution in [0.15, 0.2) is 28.7 Å². The van der Waals surface area contributed by atoms with E-state index in [1.807, 2.05) is 19.1 Å². The molecule has 1 amide bonds. The summed E-state index contributed by atoms with van der Waals surface area (Å²) in [7, 11) is 0. The second kappa shape index (κ2) is 7.06. The van der Waals surface area contributed by atoms with Crippen molar-refractivity contribution in [1.82, 2.24) is 5.32 Å². The van der Waals surface area contributed by atoms with E-state index >= 15 is 0 Å². The van der Waals surface area contributed by atoms with E-state index in [9.17, 15) is 4.79 Å². The average Bonchev–Trinajstić information content (AvgIpc) is 2.36. The first-order chi connectivity index (χ1) is 8.86. The van der Waals surface area contributed by atoms with Gasteiger partial charge in [0.25, 0.3) is 0 Å². The van der Waals surface area contributed by atoms with E-state index in [0.29, 0.717) is 13.1 Å². The van der Waals surface area contributed by atoms with E-state index in [4.69, 9.17) is 5.73 Å². The van der Waals surface area contributed by atoms with Gasteiger partial charge in [-0.05, 0) is 30.7 Å². The van der Waals surface area contributed by atoms with Gasteiger partial charge in [0.1, 0.15) is 0 Å². The molecule has 0 bridgehead atoms. The number of benzene rings is 1. The van der Waals surface area contributed by atoms with Crippen LogP contribution in [0.2, 0.25) is 0 Å². The Hall–Kier alpha value is -0.870. The molecule has 0 saturated heterocycles. The Balaban J connectivity index is 2.63. The molecule has 0 spiro atoms. The number of nitrogens with one attached hydrogen (secondary N) is 1. The molecule has 4 heteroatoms. The lowest BCUT2D eigenvalue weighted by atomic mass is 9.84. The molecule has 0 aliphatic rings. The highest BCUT2D eigenvalue weighted by Crippen LogP contribution is 2.25. The number of hydrogen-bond donors (Lipinski definition) is 2. The Labute approximate surface area is 124 Å². The number of carbonyl (C=O) groups is 1. The molecular formula is C15H23BrN2O. The molecule has 0 aliphatic carbocycles. The van der Waals surface area contributed by atoms with Crippen molar-refractivity contribution in [2.45, 2.75) is 32.6 Å². The highest BCUT2D eigenvalue weighted by molar-refractivity contribution is 9.10. The molecule has 3 nitrogen and oxygen atoms in total.